The minimum absolute atomic E-state index is 0.0819. The first-order chi connectivity index (χ1) is 10.1. The van der Waals surface area contributed by atoms with Gasteiger partial charge in [0, 0.05) is 12.1 Å². The molecular weight excluding hydrogens is 266 g/mol. The zero-order valence-electron chi connectivity index (χ0n) is 12.7. The van der Waals surface area contributed by atoms with Crippen molar-refractivity contribution in [1.29, 1.82) is 0 Å². The minimum atomic E-state index is -0.0819. The maximum absolute atomic E-state index is 12.1. The molecular formula is C17H21NO3. The first-order valence-electron chi connectivity index (χ1n) is 7.12. The Hall–Kier alpha value is -2.23. The van der Waals surface area contributed by atoms with E-state index < -0.39 is 0 Å². The number of furan rings is 1. The van der Waals surface area contributed by atoms with Crippen molar-refractivity contribution in [2.45, 2.75) is 27.2 Å². The zero-order chi connectivity index (χ0) is 15.2. The zero-order valence-corrected chi connectivity index (χ0v) is 12.7. The normalized spacial score (nSPS) is 10.4. The third kappa shape index (κ3) is 3.88. The highest BCUT2D eigenvalue weighted by molar-refractivity contribution is 5.96. The van der Waals surface area contributed by atoms with Gasteiger partial charge in [0.05, 0.1) is 12.2 Å². The summed E-state index contributed by atoms with van der Waals surface area (Å²) in [7, 11) is 0. The standard InChI is InChI=1S/C17H21NO3/c1-12-13(2)21-14(3)16(12)17(19)18-10-7-11-20-15-8-5-4-6-9-15/h4-6,8-9H,7,10-11H2,1-3H3,(H,18,19). The van der Waals surface area contributed by atoms with Crippen LogP contribution in [0.1, 0.15) is 33.9 Å². The van der Waals surface area contributed by atoms with Gasteiger partial charge < -0.3 is 14.5 Å². The topological polar surface area (TPSA) is 51.5 Å². The highest BCUT2D eigenvalue weighted by Gasteiger charge is 2.17. The van der Waals surface area contributed by atoms with Gasteiger partial charge in [0.2, 0.25) is 0 Å². The first-order valence-corrected chi connectivity index (χ1v) is 7.12. The minimum Gasteiger partial charge on any atom is -0.494 e. The molecule has 2 aromatic rings. The van der Waals surface area contributed by atoms with Gasteiger partial charge >= 0.3 is 0 Å². The average Bonchev–Trinajstić information content (AvgIpc) is 2.73. The second-order valence-electron chi connectivity index (χ2n) is 4.99. The Balaban J connectivity index is 1.75. The van der Waals surface area contributed by atoms with Crippen LogP contribution in [0.4, 0.5) is 0 Å². The quantitative estimate of drug-likeness (QED) is 0.828. The molecule has 1 heterocycles. The summed E-state index contributed by atoms with van der Waals surface area (Å²) in [5, 5.41) is 2.90. The van der Waals surface area contributed by atoms with Crippen molar-refractivity contribution < 1.29 is 13.9 Å². The molecule has 1 aromatic carbocycles. The molecule has 0 saturated heterocycles. The van der Waals surface area contributed by atoms with Crippen LogP contribution < -0.4 is 10.1 Å². The highest BCUT2D eigenvalue weighted by Crippen LogP contribution is 2.20. The molecule has 0 fully saturated rings. The van der Waals surface area contributed by atoms with Crippen molar-refractivity contribution in [3.05, 3.63) is 53.0 Å². The largest absolute Gasteiger partial charge is 0.494 e. The second kappa shape index (κ2) is 6.97. The summed E-state index contributed by atoms with van der Waals surface area (Å²) >= 11 is 0. The van der Waals surface area contributed by atoms with Gasteiger partial charge in [-0.1, -0.05) is 18.2 Å². The summed E-state index contributed by atoms with van der Waals surface area (Å²) in [6.07, 6.45) is 0.759. The molecule has 0 spiro atoms. The molecule has 0 aliphatic carbocycles. The van der Waals surface area contributed by atoms with Gasteiger partial charge in [-0.3, -0.25) is 4.79 Å². The van der Waals surface area contributed by atoms with E-state index in [2.05, 4.69) is 5.32 Å². The van der Waals surface area contributed by atoms with Crippen LogP contribution in [0, 0.1) is 20.8 Å². The molecule has 1 aromatic heterocycles. The number of amides is 1. The first kappa shape index (κ1) is 15.2. The lowest BCUT2D eigenvalue weighted by atomic mass is 10.1. The van der Waals surface area contributed by atoms with Gasteiger partial charge in [-0.25, -0.2) is 0 Å². The van der Waals surface area contributed by atoms with E-state index in [4.69, 9.17) is 9.15 Å². The average molecular weight is 287 g/mol. The fourth-order valence-corrected chi connectivity index (χ4v) is 2.20. The number of hydrogen-bond donors (Lipinski definition) is 1. The van der Waals surface area contributed by atoms with Crippen LogP contribution in [0.15, 0.2) is 34.7 Å². The molecule has 4 nitrogen and oxygen atoms in total. The number of carbonyl (C=O) groups is 1. The molecule has 1 N–H and O–H groups in total. The summed E-state index contributed by atoms with van der Waals surface area (Å²) in [5.74, 6) is 2.23. The molecule has 0 aliphatic heterocycles. The van der Waals surface area contributed by atoms with E-state index in [0.29, 0.717) is 24.5 Å². The Morgan fingerprint density at radius 3 is 2.48 bits per heavy atom. The molecule has 0 saturated carbocycles. The van der Waals surface area contributed by atoms with E-state index in [1.165, 1.54) is 0 Å². The van der Waals surface area contributed by atoms with Crippen molar-refractivity contribution in [1.82, 2.24) is 5.32 Å². The van der Waals surface area contributed by atoms with Gasteiger partial charge in [0.15, 0.2) is 0 Å². The molecule has 2 rings (SSSR count). The van der Waals surface area contributed by atoms with E-state index in [-0.39, 0.29) is 5.91 Å². The summed E-state index contributed by atoms with van der Waals surface area (Å²) in [6, 6.07) is 9.65. The molecule has 21 heavy (non-hydrogen) atoms. The molecule has 0 aliphatic rings. The molecule has 0 radical (unpaired) electrons. The van der Waals surface area contributed by atoms with E-state index in [9.17, 15) is 4.79 Å². The van der Waals surface area contributed by atoms with Crippen molar-refractivity contribution in [3.63, 3.8) is 0 Å². The number of aryl methyl sites for hydroxylation is 2. The second-order valence-corrected chi connectivity index (χ2v) is 4.99. The van der Waals surface area contributed by atoms with Crippen molar-refractivity contribution in [2.24, 2.45) is 0 Å². The van der Waals surface area contributed by atoms with Gasteiger partial charge in [0.1, 0.15) is 17.3 Å². The number of benzene rings is 1. The molecule has 112 valence electrons. The Morgan fingerprint density at radius 2 is 1.86 bits per heavy atom. The van der Waals surface area contributed by atoms with Crippen LogP contribution in [-0.4, -0.2) is 19.1 Å². The Kier molecular flexibility index (Phi) is 5.04. The molecule has 0 bridgehead atoms. The number of para-hydroxylation sites is 1. The Labute approximate surface area is 125 Å². The van der Waals surface area contributed by atoms with Crippen LogP contribution in [-0.2, 0) is 0 Å². The van der Waals surface area contributed by atoms with Gasteiger partial charge in [0.25, 0.3) is 5.91 Å². The summed E-state index contributed by atoms with van der Waals surface area (Å²) < 4.78 is 11.0. The third-order valence-electron chi connectivity index (χ3n) is 3.41. The fourth-order valence-electron chi connectivity index (χ4n) is 2.20. The van der Waals surface area contributed by atoms with Crippen LogP contribution in [0.3, 0.4) is 0 Å². The third-order valence-corrected chi connectivity index (χ3v) is 3.41. The molecule has 4 heteroatoms. The lowest BCUT2D eigenvalue weighted by Crippen LogP contribution is -2.26. The smallest absolute Gasteiger partial charge is 0.255 e. The van der Waals surface area contributed by atoms with E-state index in [0.717, 1.165) is 23.5 Å². The maximum Gasteiger partial charge on any atom is 0.255 e. The Morgan fingerprint density at radius 1 is 1.14 bits per heavy atom. The Bertz CT molecular complexity index is 602. The van der Waals surface area contributed by atoms with E-state index in [1.807, 2.05) is 51.1 Å². The predicted octanol–water partition coefficient (Wildman–Crippen LogP) is 3.40. The van der Waals surface area contributed by atoms with Crippen LogP contribution >= 0.6 is 0 Å². The van der Waals surface area contributed by atoms with Gasteiger partial charge in [-0.05, 0) is 39.3 Å². The number of carbonyl (C=O) groups excluding carboxylic acids is 1. The summed E-state index contributed by atoms with van der Waals surface area (Å²) in [6.45, 7) is 6.74. The molecule has 0 unspecified atom stereocenters. The van der Waals surface area contributed by atoms with E-state index >= 15 is 0 Å². The number of ether oxygens (including phenoxy) is 1. The van der Waals surface area contributed by atoms with Gasteiger partial charge in [-0.2, -0.15) is 0 Å². The van der Waals surface area contributed by atoms with Crippen LogP contribution in [0.25, 0.3) is 0 Å². The van der Waals surface area contributed by atoms with Crippen molar-refractivity contribution >= 4 is 5.91 Å². The van der Waals surface area contributed by atoms with Crippen molar-refractivity contribution in [2.75, 3.05) is 13.2 Å². The number of rotatable bonds is 6. The highest BCUT2D eigenvalue weighted by atomic mass is 16.5. The summed E-state index contributed by atoms with van der Waals surface area (Å²) in [4.78, 5) is 12.1. The van der Waals surface area contributed by atoms with Crippen LogP contribution in [0.2, 0.25) is 0 Å². The lowest BCUT2D eigenvalue weighted by molar-refractivity contribution is 0.0949. The predicted molar refractivity (Wildman–Crippen MR) is 81.8 cm³/mol. The lowest BCUT2D eigenvalue weighted by Gasteiger charge is -2.07. The maximum atomic E-state index is 12.1. The van der Waals surface area contributed by atoms with Gasteiger partial charge in [-0.15, -0.1) is 0 Å². The SMILES string of the molecule is Cc1oc(C)c(C(=O)NCCCOc2ccccc2)c1C. The van der Waals surface area contributed by atoms with E-state index in [1.54, 1.807) is 0 Å². The van der Waals surface area contributed by atoms with Crippen molar-refractivity contribution in [3.8, 4) is 5.75 Å². The molecule has 1 amide bonds. The monoisotopic (exact) mass is 287 g/mol. The van der Waals surface area contributed by atoms with Crippen LogP contribution in [0.5, 0.6) is 5.75 Å². The number of nitrogens with one attached hydrogen (secondary N) is 1. The number of hydrogen-bond acceptors (Lipinski definition) is 3. The fraction of sp³-hybridized carbons (Fsp3) is 0.353. The summed E-state index contributed by atoms with van der Waals surface area (Å²) in [5.41, 5.74) is 1.56. The molecule has 0 atom stereocenters.